The predicted octanol–water partition coefficient (Wildman–Crippen LogP) is 5.03. The summed E-state index contributed by atoms with van der Waals surface area (Å²) in [6, 6.07) is 19.8. The second-order valence-corrected chi connectivity index (χ2v) is 5.72. The number of aromatic nitrogens is 2. The maximum absolute atomic E-state index is 4.42. The van der Waals surface area contributed by atoms with E-state index in [0.717, 1.165) is 27.5 Å². The van der Waals surface area contributed by atoms with Gasteiger partial charge in [0.1, 0.15) is 17.5 Å². The highest BCUT2D eigenvalue weighted by Crippen LogP contribution is 2.21. The Morgan fingerprint density at radius 1 is 0.773 bits per heavy atom. The first kappa shape index (κ1) is 14.5. The second-order valence-electron chi connectivity index (χ2n) is 4.81. The summed E-state index contributed by atoms with van der Waals surface area (Å²) in [6.45, 7) is 1.88. The van der Waals surface area contributed by atoms with Crippen LogP contribution in [0.5, 0.6) is 0 Å². The number of benzene rings is 2. The fourth-order valence-electron chi connectivity index (χ4n) is 2.05. The van der Waals surface area contributed by atoms with Crippen LogP contribution < -0.4 is 10.6 Å². The Kier molecular flexibility index (Phi) is 4.34. The van der Waals surface area contributed by atoms with Crippen LogP contribution in [0.1, 0.15) is 5.82 Å². The molecule has 0 bridgehead atoms. The fraction of sp³-hybridized carbons (Fsp3) is 0.0588. The molecule has 0 aliphatic carbocycles. The molecule has 2 aromatic carbocycles. The molecule has 0 amide bonds. The molecule has 0 atom stereocenters. The van der Waals surface area contributed by atoms with Gasteiger partial charge in [0.05, 0.1) is 0 Å². The SMILES string of the molecule is Cc1nc(Nc2ccccc2)cc(Nc2ccc(Br)cc2)n1. The molecular weight excluding hydrogens is 340 g/mol. The summed E-state index contributed by atoms with van der Waals surface area (Å²) < 4.78 is 1.04. The van der Waals surface area contributed by atoms with Gasteiger partial charge in [0.2, 0.25) is 0 Å². The van der Waals surface area contributed by atoms with Crippen LogP contribution in [-0.2, 0) is 0 Å². The van der Waals surface area contributed by atoms with Crippen molar-refractivity contribution in [3.05, 3.63) is 71.0 Å². The minimum atomic E-state index is 0.709. The lowest BCUT2D eigenvalue weighted by molar-refractivity contribution is 1.06. The first-order valence-corrected chi connectivity index (χ1v) is 7.69. The van der Waals surface area contributed by atoms with E-state index >= 15 is 0 Å². The van der Waals surface area contributed by atoms with Crippen molar-refractivity contribution in [2.24, 2.45) is 0 Å². The van der Waals surface area contributed by atoms with Crippen molar-refractivity contribution in [1.29, 1.82) is 0 Å². The standard InChI is InChI=1S/C17H15BrN4/c1-12-19-16(21-14-5-3-2-4-6-14)11-17(20-12)22-15-9-7-13(18)8-10-15/h2-11H,1H3,(H2,19,20,21,22). The largest absolute Gasteiger partial charge is 0.340 e. The van der Waals surface area contributed by atoms with Gasteiger partial charge in [-0.1, -0.05) is 34.1 Å². The molecule has 0 unspecified atom stereocenters. The average Bonchev–Trinajstić information content (AvgIpc) is 2.50. The number of nitrogens with zero attached hydrogens (tertiary/aromatic N) is 2. The van der Waals surface area contributed by atoms with Crippen LogP contribution in [0.4, 0.5) is 23.0 Å². The van der Waals surface area contributed by atoms with Crippen LogP contribution in [0.25, 0.3) is 0 Å². The minimum absolute atomic E-state index is 0.709. The molecule has 0 aliphatic heterocycles. The molecule has 5 heteroatoms. The van der Waals surface area contributed by atoms with Gasteiger partial charge in [0, 0.05) is 21.9 Å². The zero-order chi connectivity index (χ0) is 15.4. The number of rotatable bonds is 4. The van der Waals surface area contributed by atoms with Gasteiger partial charge in [-0.15, -0.1) is 0 Å². The lowest BCUT2D eigenvalue weighted by atomic mass is 10.3. The molecule has 3 rings (SSSR count). The van der Waals surface area contributed by atoms with Gasteiger partial charge in [-0.3, -0.25) is 0 Å². The van der Waals surface area contributed by atoms with E-state index in [1.54, 1.807) is 0 Å². The molecule has 3 aromatic rings. The van der Waals surface area contributed by atoms with Crippen molar-refractivity contribution in [2.45, 2.75) is 6.92 Å². The highest BCUT2D eigenvalue weighted by atomic mass is 79.9. The molecule has 0 spiro atoms. The van der Waals surface area contributed by atoms with Gasteiger partial charge >= 0.3 is 0 Å². The number of anilines is 4. The third-order valence-corrected chi connectivity index (χ3v) is 3.53. The Bertz CT molecular complexity index is 757. The number of hydrogen-bond donors (Lipinski definition) is 2. The lowest BCUT2D eigenvalue weighted by Gasteiger charge is -2.10. The maximum atomic E-state index is 4.42. The highest BCUT2D eigenvalue weighted by molar-refractivity contribution is 9.10. The molecule has 22 heavy (non-hydrogen) atoms. The van der Waals surface area contributed by atoms with E-state index in [1.165, 1.54) is 0 Å². The van der Waals surface area contributed by atoms with Crippen LogP contribution in [-0.4, -0.2) is 9.97 Å². The Hall–Kier alpha value is -2.40. The van der Waals surface area contributed by atoms with Crippen molar-refractivity contribution in [3.8, 4) is 0 Å². The summed E-state index contributed by atoms with van der Waals surface area (Å²) in [5, 5.41) is 6.57. The monoisotopic (exact) mass is 354 g/mol. The minimum Gasteiger partial charge on any atom is -0.340 e. The third kappa shape index (κ3) is 3.83. The Morgan fingerprint density at radius 2 is 1.32 bits per heavy atom. The van der Waals surface area contributed by atoms with Crippen LogP contribution in [0.2, 0.25) is 0 Å². The smallest absolute Gasteiger partial charge is 0.136 e. The Morgan fingerprint density at radius 3 is 1.91 bits per heavy atom. The van der Waals surface area contributed by atoms with E-state index in [2.05, 4.69) is 36.5 Å². The molecule has 0 saturated heterocycles. The summed E-state index contributed by atoms with van der Waals surface area (Å²) in [5.74, 6) is 2.23. The van der Waals surface area contributed by atoms with Crippen LogP contribution in [0, 0.1) is 6.92 Å². The van der Waals surface area contributed by atoms with Crippen molar-refractivity contribution in [3.63, 3.8) is 0 Å². The van der Waals surface area contributed by atoms with Gasteiger partial charge in [0.15, 0.2) is 0 Å². The normalized spacial score (nSPS) is 10.3. The topological polar surface area (TPSA) is 49.8 Å². The molecule has 0 fully saturated rings. The second kappa shape index (κ2) is 6.58. The molecule has 0 saturated carbocycles. The van der Waals surface area contributed by atoms with E-state index in [9.17, 15) is 0 Å². The Labute approximate surface area is 137 Å². The van der Waals surface area contributed by atoms with E-state index in [1.807, 2.05) is 67.6 Å². The van der Waals surface area contributed by atoms with Gasteiger partial charge in [0.25, 0.3) is 0 Å². The zero-order valence-electron chi connectivity index (χ0n) is 12.0. The van der Waals surface area contributed by atoms with Gasteiger partial charge in [-0.2, -0.15) is 0 Å². The molecule has 2 N–H and O–H groups in total. The molecule has 1 aromatic heterocycles. The third-order valence-electron chi connectivity index (χ3n) is 3.00. The summed E-state index contributed by atoms with van der Waals surface area (Å²) in [6.07, 6.45) is 0. The Balaban J connectivity index is 1.82. The van der Waals surface area contributed by atoms with Crippen LogP contribution in [0.15, 0.2) is 65.1 Å². The molecule has 1 heterocycles. The summed E-state index contributed by atoms with van der Waals surface area (Å²) in [4.78, 5) is 8.83. The van der Waals surface area contributed by atoms with Gasteiger partial charge in [-0.05, 0) is 43.3 Å². The van der Waals surface area contributed by atoms with Gasteiger partial charge in [-0.25, -0.2) is 9.97 Å². The van der Waals surface area contributed by atoms with Crippen LogP contribution in [0.3, 0.4) is 0 Å². The summed E-state index contributed by atoms with van der Waals surface area (Å²) >= 11 is 3.43. The summed E-state index contributed by atoms with van der Waals surface area (Å²) in [5.41, 5.74) is 1.97. The first-order chi connectivity index (χ1) is 10.7. The quantitative estimate of drug-likeness (QED) is 0.689. The molecule has 110 valence electrons. The molecule has 0 radical (unpaired) electrons. The van der Waals surface area contributed by atoms with Crippen molar-refractivity contribution < 1.29 is 0 Å². The lowest BCUT2D eigenvalue weighted by Crippen LogP contribution is -2.01. The van der Waals surface area contributed by atoms with Crippen LogP contribution >= 0.6 is 15.9 Å². The number of para-hydroxylation sites is 1. The highest BCUT2D eigenvalue weighted by Gasteiger charge is 2.03. The van der Waals surface area contributed by atoms with Crippen molar-refractivity contribution in [1.82, 2.24) is 9.97 Å². The zero-order valence-corrected chi connectivity index (χ0v) is 13.6. The predicted molar refractivity (Wildman–Crippen MR) is 93.9 cm³/mol. The summed E-state index contributed by atoms with van der Waals surface area (Å²) in [7, 11) is 0. The number of aryl methyl sites for hydroxylation is 1. The van der Waals surface area contributed by atoms with E-state index in [4.69, 9.17) is 0 Å². The van der Waals surface area contributed by atoms with E-state index < -0.39 is 0 Å². The first-order valence-electron chi connectivity index (χ1n) is 6.89. The van der Waals surface area contributed by atoms with E-state index in [0.29, 0.717) is 5.82 Å². The average molecular weight is 355 g/mol. The fourth-order valence-corrected chi connectivity index (χ4v) is 2.31. The molecule has 4 nitrogen and oxygen atoms in total. The van der Waals surface area contributed by atoms with E-state index in [-0.39, 0.29) is 0 Å². The molecular formula is C17H15BrN4. The maximum Gasteiger partial charge on any atom is 0.136 e. The van der Waals surface area contributed by atoms with Gasteiger partial charge < -0.3 is 10.6 Å². The molecule has 0 aliphatic rings. The number of halogens is 1. The van der Waals surface area contributed by atoms with Crippen molar-refractivity contribution >= 4 is 38.9 Å². The number of nitrogens with one attached hydrogen (secondary N) is 2. The number of hydrogen-bond acceptors (Lipinski definition) is 4. The van der Waals surface area contributed by atoms with Crippen molar-refractivity contribution in [2.75, 3.05) is 10.6 Å².